The fourth-order valence-electron chi connectivity index (χ4n) is 2.89. The zero-order valence-electron chi connectivity index (χ0n) is 15.4. The molecule has 0 aliphatic heterocycles. The summed E-state index contributed by atoms with van der Waals surface area (Å²) in [5.74, 6) is -0.156. The Morgan fingerprint density at radius 2 is 1.86 bits per heavy atom. The lowest BCUT2D eigenvalue weighted by Crippen LogP contribution is -2.42. The highest BCUT2D eigenvalue weighted by Crippen LogP contribution is 2.19. The van der Waals surface area contributed by atoms with Crippen molar-refractivity contribution in [2.75, 3.05) is 13.2 Å². The summed E-state index contributed by atoms with van der Waals surface area (Å²) in [6, 6.07) is 13.9. The number of hydrogen-bond acceptors (Lipinski definition) is 4. The number of para-hydroxylation sites is 1. The Bertz CT molecular complexity index is 952. The van der Waals surface area contributed by atoms with E-state index in [4.69, 9.17) is 21.1 Å². The van der Waals surface area contributed by atoms with Crippen LogP contribution in [0.25, 0.3) is 10.9 Å². The van der Waals surface area contributed by atoms with Gasteiger partial charge in [-0.05, 0) is 35.9 Å². The number of fused-ring (bicyclic) bond motifs is 1. The molecule has 146 valence electrons. The van der Waals surface area contributed by atoms with Gasteiger partial charge in [-0.3, -0.25) is 4.79 Å². The number of benzene rings is 2. The molecule has 28 heavy (non-hydrogen) atoms. The third-order valence-corrected chi connectivity index (χ3v) is 4.42. The molecule has 0 unspecified atom stereocenters. The van der Waals surface area contributed by atoms with E-state index in [0.717, 1.165) is 16.5 Å². The number of nitrogens with one attached hydrogen (secondary N) is 2. The molecule has 1 aromatic heterocycles. The lowest BCUT2D eigenvalue weighted by Gasteiger charge is -2.17. The van der Waals surface area contributed by atoms with E-state index in [-0.39, 0.29) is 19.1 Å². The summed E-state index contributed by atoms with van der Waals surface area (Å²) in [7, 11) is 0. The van der Waals surface area contributed by atoms with Crippen LogP contribution in [0.1, 0.15) is 12.5 Å². The van der Waals surface area contributed by atoms with Crippen LogP contribution in [0.3, 0.4) is 0 Å². The predicted molar refractivity (Wildman–Crippen MR) is 108 cm³/mol. The number of halogens is 1. The van der Waals surface area contributed by atoms with Gasteiger partial charge in [0, 0.05) is 35.5 Å². The fraction of sp³-hybridized carbons (Fsp3) is 0.238. The van der Waals surface area contributed by atoms with E-state index < -0.39 is 12.0 Å². The lowest BCUT2D eigenvalue weighted by atomic mass is 10.0. The molecule has 3 aromatic rings. The third-order valence-electron chi connectivity index (χ3n) is 4.17. The van der Waals surface area contributed by atoms with Crippen LogP contribution in [0, 0.1) is 0 Å². The predicted octanol–water partition coefficient (Wildman–Crippen LogP) is 3.49. The van der Waals surface area contributed by atoms with Crippen LogP contribution in [0.2, 0.25) is 5.02 Å². The average molecular weight is 401 g/mol. The van der Waals surface area contributed by atoms with Gasteiger partial charge in [0.05, 0.1) is 0 Å². The molecule has 1 heterocycles. The molecule has 0 saturated heterocycles. The van der Waals surface area contributed by atoms with Gasteiger partial charge in [-0.1, -0.05) is 29.8 Å². The second-order valence-electron chi connectivity index (χ2n) is 6.29. The van der Waals surface area contributed by atoms with Crippen molar-refractivity contribution in [2.24, 2.45) is 0 Å². The van der Waals surface area contributed by atoms with Crippen molar-refractivity contribution in [3.63, 3.8) is 0 Å². The molecule has 0 spiro atoms. The summed E-state index contributed by atoms with van der Waals surface area (Å²) in [6.45, 7) is 1.65. The Morgan fingerprint density at radius 1 is 1.11 bits per heavy atom. The monoisotopic (exact) mass is 400 g/mol. The number of H-pyrrole nitrogens is 1. The molecule has 7 heteroatoms. The standard InChI is InChI=1S/C21H21ClN2O4/c1-14(25)24-20(12-15-13-23-19-5-3-2-4-18(15)19)21(26)28-11-10-27-17-8-6-16(22)7-9-17/h2-9,13,20,23H,10-12H2,1H3,(H,24,25)/t20-/m0/s1. The van der Waals surface area contributed by atoms with Crippen molar-refractivity contribution in [1.29, 1.82) is 0 Å². The van der Waals surface area contributed by atoms with E-state index >= 15 is 0 Å². The molecule has 3 rings (SSSR count). The number of rotatable bonds is 8. The van der Waals surface area contributed by atoms with Crippen molar-refractivity contribution < 1.29 is 19.1 Å². The van der Waals surface area contributed by atoms with Crippen molar-refractivity contribution in [2.45, 2.75) is 19.4 Å². The molecule has 0 radical (unpaired) electrons. The maximum atomic E-state index is 12.5. The molecule has 6 nitrogen and oxygen atoms in total. The molecule has 0 saturated carbocycles. The molecular weight excluding hydrogens is 380 g/mol. The Kier molecular flexibility index (Phi) is 6.55. The van der Waals surface area contributed by atoms with Crippen LogP contribution in [0.5, 0.6) is 5.75 Å². The van der Waals surface area contributed by atoms with E-state index in [1.807, 2.05) is 30.5 Å². The number of ether oxygens (including phenoxy) is 2. The number of aromatic nitrogens is 1. The first-order valence-electron chi connectivity index (χ1n) is 8.90. The quantitative estimate of drug-likeness (QED) is 0.448. The maximum Gasteiger partial charge on any atom is 0.329 e. The second kappa shape index (κ2) is 9.28. The van der Waals surface area contributed by atoms with Crippen LogP contribution in [-0.4, -0.2) is 36.1 Å². The third kappa shape index (κ3) is 5.27. The Hall–Kier alpha value is -2.99. The number of carbonyl (C=O) groups is 2. The fourth-order valence-corrected chi connectivity index (χ4v) is 3.02. The summed E-state index contributed by atoms with van der Waals surface area (Å²) < 4.78 is 10.8. The first-order valence-corrected chi connectivity index (χ1v) is 9.28. The van der Waals surface area contributed by atoms with Gasteiger partial charge >= 0.3 is 5.97 Å². The zero-order valence-corrected chi connectivity index (χ0v) is 16.2. The number of carbonyl (C=O) groups excluding carboxylic acids is 2. The first kappa shape index (κ1) is 19.8. The minimum Gasteiger partial charge on any atom is -0.490 e. The van der Waals surface area contributed by atoms with Gasteiger partial charge in [-0.25, -0.2) is 4.79 Å². The van der Waals surface area contributed by atoms with E-state index in [9.17, 15) is 9.59 Å². The minimum absolute atomic E-state index is 0.0748. The van der Waals surface area contributed by atoms with Crippen molar-refractivity contribution >= 4 is 34.4 Å². The van der Waals surface area contributed by atoms with Crippen LogP contribution >= 0.6 is 11.6 Å². The molecule has 0 aliphatic rings. The number of esters is 1. The second-order valence-corrected chi connectivity index (χ2v) is 6.72. The van der Waals surface area contributed by atoms with Gasteiger partial charge in [-0.15, -0.1) is 0 Å². The van der Waals surface area contributed by atoms with Gasteiger partial charge in [-0.2, -0.15) is 0 Å². The van der Waals surface area contributed by atoms with Gasteiger partial charge in [0.15, 0.2) is 0 Å². The Morgan fingerprint density at radius 3 is 2.61 bits per heavy atom. The molecule has 1 atom stereocenters. The van der Waals surface area contributed by atoms with Crippen molar-refractivity contribution in [1.82, 2.24) is 10.3 Å². The maximum absolute atomic E-state index is 12.5. The SMILES string of the molecule is CC(=O)N[C@@H](Cc1c[nH]c2ccccc12)C(=O)OCCOc1ccc(Cl)cc1. The van der Waals surface area contributed by atoms with Crippen LogP contribution in [0.4, 0.5) is 0 Å². The average Bonchev–Trinajstić information content (AvgIpc) is 3.08. The topological polar surface area (TPSA) is 80.4 Å². The highest BCUT2D eigenvalue weighted by molar-refractivity contribution is 6.30. The highest BCUT2D eigenvalue weighted by atomic mass is 35.5. The van der Waals surface area contributed by atoms with E-state index in [1.54, 1.807) is 24.3 Å². The van der Waals surface area contributed by atoms with Crippen LogP contribution in [-0.2, 0) is 20.7 Å². The summed E-state index contributed by atoms with van der Waals surface area (Å²) in [4.78, 5) is 27.2. The summed E-state index contributed by atoms with van der Waals surface area (Å²) in [5, 5.41) is 4.30. The lowest BCUT2D eigenvalue weighted by molar-refractivity contribution is -0.148. The van der Waals surface area contributed by atoms with E-state index in [2.05, 4.69) is 10.3 Å². The zero-order chi connectivity index (χ0) is 19.9. The Labute approximate surface area is 167 Å². The van der Waals surface area contributed by atoms with Crippen molar-refractivity contribution in [3.05, 3.63) is 65.3 Å². The molecule has 2 aromatic carbocycles. The summed E-state index contributed by atoms with van der Waals surface area (Å²) >= 11 is 5.82. The molecule has 1 amide bonds. The van der Waals surface area contributed by atoms with Gasteiger partial charge in [0.2, 0.25) is 5.91 Å². The van der Waals surface area contributed by atoms with Gasteiger partial charge < -0.3 is 19.8 Å². The number of aromatic amines is 1. The van der Waals surface area contributed by atoms with Gasteiger partial charge in [0.1, 0.15) is 25.0 Å². The molecule has 0 bridgehead atoms. The number of amides is 1. The Balaban J connectivity index is 1.57. The first-order chi connectivity index (χ1) is 13.5. The van der Waals surface area contributed by atoms with Gasteiger partial charge in [0.25, 0.3) is 0 Å². The molecular formula is C21H21ClN2O4. The summed E-state index contributed by atoms with van der Waals surface area (Å²) in [5.41, 5.74) is 1.91. The minimum atomic E-state index is -0.771. The van der Waals surface area contributed by atoms with Crippen molar-refractivity contribution in [3.8, 4) is 5.75 Å². The highest BCUT2D eigenvalue weighted by Gasteiger charge is 2.23. The van der Waals surface area contributed by atoms with Crippen LogP contribution in [0.15, 0.2) is 54.7 Å². The molecule has 0 fully saturated rings. The molecule has 0 aliphatic carbocycles. The normalized spacial score (nSPS) is 11.8. The van der Waals surface area contributed by atoms with E-state index in [0.29, 0.717) is 17.2 Å². The summed E-state index contributed by atoms with van der Waals surface area (Å²) in [6.07, 6.45) is 2.18. The van der Waals surface area contributed by atoms with E-state index in [1.165, 1.54) is 6.92 Å². The smallest absolute Gasteiger partial charge is 0.329 e. The molecule has 2 N–H and O–H groups in total. The number of hydrogen-bond donors (Lipinski definition) is 2. The van der Waals surface area contributed by atoms with Crippen LogP contribution < -0.4 is 10.1 Å². The largest absolute Gasteiger partial charge is 0.490 e.